The summed E-state index contributed by atoms with van der Waals surface area (Å²) >= 11 is 0. The summed E-state index contributed by atoms with van der Waals surface area (Å²) in [6.45, 7) is 1.66. The molecule has 0 saturated carbocycles. The van der Waals surface area contributed by atoms with Gasteiger partial charge in [0.2, 0.25) is 0 Å². The number of hydrogen-bond donors (Lipinski definition) is 0. The Morgan fingerprint density at radius 1 is 1.20 bits per heavy atom. The minimum Gasteiger partial charge on any atom is -0.371 e. The van der Waals surface area contributed by atoms with E-state index in [1.54, 1.807) is 0 Å². The molecule has 81 valence electrons. The maximum atomic E-state index is 12.4. The Kier molecular flexibility index (Phi) is 2.59. The van der Waals surface area contributed by atoms with E-state index in [0.717, 1.165) is 32.0 Å². The summed E-state index contributed by atoms with van der Waals surface area (Å²) in [5.41, 5.74) is -0.0366. The van der Waals surface area contributed by atoms with Crippen LogP contribution in [0.5, 0.6) is 0 Å². The maximum Gasteiger partial charge on any atom is 0.416 e. The molecule has 0 atom stereocenters. The molecule has 1 radical (unpaired) electrons. The van der Waals surface area contributed by atoms with Crippen LogP contribution < -0.4 is 4.90 Å². The Bertz CT molecular complexity index is 340. The first kappa shape index (κ1) is 10.3. The number of halogens is 3. The second-order valence-electron chi connectivity index (χ2n) is 3.65. The van der Waals surface area contributed by atoms with Crippen LogP contribution in [0.1, 0.15) is 18.4 Å². The molecule has 0 spiro atoms. The minimum atomic E-state index is -4.26. The first-order valence-corrected chi connectivity index (χ1v) is 4.91. The zero-order chi connectivity index (χ0) is 10.9. The third-order valence-corrected chi connectivity index (χ3v) is 2.56. The molecule has 0 N–H and O–H groups in total. The Balaban J connectivity index is 2.26. The van der Waals surface area contributed by atoms with Crippen LogP contribution in [-0.4, -0.2) is 13.1 Å². The normalized spacial score (nSPS) is 17.1. The van der Waals surface area contributed by atoms with Gasteiger partial charge >= 0.3 is 6.18 Å². The fraction of sp³-hybridized carbons (Fsp3) is 0.455. The summed E-state index contributed by atoms with van der Waals surface area (Å²) in [5, 5.41) is 0. The van der Waals surface area contributed by atoms with E-state index in [2.05, 4.69) is 6.07 Å². The molecule has 0 aromatic heterocycles. The van der Waals surface area contributed by atoms with E-state index in [4.69, 9.17) is 0 Å². The van der Waals surface area contributed by atoms with Crippen molar-refractivity contribution >= 4 is 5.69 Å². The summed E-state index contributed by atoms with van der Waals surface area (Å²) in [6, 6.07) is 6.42. The van der Waals surface area contributed by atoms with Crippen LogP contribution in [0.4, 0.5) is 18.9 Å². The molecule has 1 fully saturated rings. The second-order valence-corrected chi connectivity index (χ2v) is 3.65. The van der Waals surface area contributed by atoms with E-state index in [0.29, 0.717) is 5.69 Å². The van der Waals surface area contributed by atoms with Crippen LogP contribution in [0, 0.1) is 6.07 Å². The summed E-state index contributed by atoms with van der Waals surface area (Å²) in [6.07, 6.45) is -2.17. The fourth-order valence-electron chi connectivity index (χ4n) is 1.77. The second kappa shape index (κ2) is 3.76. The van der Waals surface area contributed by atoms with Gasteiger partial charge in [0.15, 0.2) is 0 Å². The molecule has 15 heavy (non-hydrogen) atoms. The Hall–Kier alpha value is -1.19. The van der Waals surface area contributed by atoms with Gasteiger partial charge < -0.3 is 4.90 Å². The SMILES string of the molecule is FC(F)(F)c1cc[c]c(N2CCCC2)c1. The zero-order valence-corrected chi connectivity index (χ0v) is 8.14. The third-order valence-electron chi connectivity index (χ3n) is 2.56. The highest BCUT2D eigenvalue weighted by atomic mass is 19.4. The number of alkyl halides is 3. The molecule has 0 unspecified atom stereocenters. The fourth-order valence-corrected chi connectivity index (χ4v) is 1.77. The number of rotatable bonds is 1. The number of anilines is 1. The molecule has 1 aromatic carbocycles. The summed E-state index contributed by atoms with van der Waals surface area (Å²) in [5.74, 6) is 0. The molecule has 0 amide bonds. The summed E-state index contributed by atoms with van der Waals surface area (Å²) < 4.78 is 37.3. The predicted molar refractivity (Wildman–Crippen MR) is 51.7 cm³/mol. The number of benzene rings is 1. The molecule has 1 aromatic rings. The number of nitrogens with zero attached hydrogens (tertiary/aromatic N) is 1. The standard InChI is InChI=1S/C11H11F3N/c12-11(13,14)9-4-3-5-10(8-9)15-6-1-2-7-15/h3-4,8H,1-2,6-7H2. The van der Waals surface area contributed by atoms with Crippen molar-refractivity contribution in [3.8, 4) is 0 Å². The van der Waals surface area contributed by atoms with Crippen molar-refractivity contribution in [3.63, 3.8) is 0 Å². The summed E-state index contributed by atoms with van der Waals surface area (Å²) in [7, 11) is 0. The average Bonchev–Trinajstić information content (AvgIpc) is 2.69. The van der Waals surface area contributed by atoms with Gasteiger partial charge in [-0.2, -0.15) is 13.2 Å². The predicted octanol–water partition coefficient (Wildman–Crippen LogP) is 3.11. The van der Waals surface area contributed by atoms with Crippen molar-refractivity contribution in [2.24, 2.45) is 0 Å². The lowest BCUT2D eigenvalue weighted by molar-refractivity contribution is -0.137. The molecule has 1 nitrogen and oxygen atoms in total. The van der Waals surface area contributed by atoms with Crippen LogP contribution in [0.15, 0.2) is 18.2 Å². The molecule has 1 saturated heterocycles. The lowest BCUT2D eigenvalue weighted by Crippen LogP contribution is -2.18. The van der Waals surface area contributed by atoms with Crippen LogP contribution in [-0.2, 0) is 6.18 Å². The van der Waals surface area contributed by atoms with E-state index in [1.807, 2.05) is 4.90 Å². The van der Waals surface area contributed by atoms with Gasteiger partial charge in [-0.05, 0) is 25.0 Å². The van der Waals surface area contributed by atoms with Crippen molar-refractivity contribution in [1.29, 1.82) is 0 Å². The Morgan fingerprint density at radius 3 is 2.47 bits per heavy atom. The van der Waals surface area contributed by atoms with Crippen LogP contribution in [0.2, 0.25) is 0 Å². The minimum absolute atomic E-state index is 0.558. The topological polar surface area (TPSA) is 3.24 Å². The van der Waals surface area contributed by atoms with Crippen LogP contribution in [0.25, 0.3) is 0 Å². The van der Waals surface area contributed by atoms with Crippen molar-refractivity contribution in [1.82, 2.24) is 0 Å². The van der Waals surface area contributed by atoms with Crippen molar-refractivity contribution in [2.45, 2.75) is 19.0 Å². The highest BCUT2D eigenvalue weighted by Crippen LogP contribution is 2.32. The lowest BCUT2D eigenvalue weighted by Gasteiger charge is -2.18. The molecule has 4 heteroatoms. The first-order valence-electron chi connectivity index (χ1n) is 4.91. The van der Waals surface area contributed by atoms with E-state index < -0.39 is 11.7 Å². The molecular formula is C11H11F3N. The molecule has 1 aliphatic rings. The smallest absolute Gasteiger partial charge is 0.371 e. The highest BCUT2D eigenvalue weighted by Gasteiger charge is 2.31. The summed E-state index contributed by atoms with van der Waals surface area (Å²) in [4.78, 5) is 1.94. The molecule has 1 heterocycles. The molecule has 2 rings (SSSR count). The zero-order valence-electron chi connectivity index (χ0n) is 8.14. The van der Waals surface area contributed by atoms with Gasteiger partial charge in [-0.3, -0.25) is 0 Å². The van der Waals surface area contributed by atoms with Gasteiger partial charge in [0.05, 0.1) is 5.56 Å². The van der Waals surface area contributed by atoms with E-state index in [-0.39, 0.29) is 0 Å². The highest BCUT2D eigenvalue weighted by molar-refractivity contribution is 5.48. The molecule has 1 aliphatic heterocycles. The van der Waals surface area contributed by atoms with Crippen molar-refractivity contribution in [3.05, 3.63) is 29.8 Å². The number of hydrogen-bond acceptors (Lipinski definition) is 1. The van der Waals surface area contributed by atoms with Gasteiger partial charge in [0.1, 0.15) is 0 Å². The molecule has 0 aliphatic carbocycles. The monoisotopic (exact) mass is 214 g/mol. The Morgan fingerprint density at radius 2 is 1.87 bits per heavy atom. The van der Waals surface area contributed by atoms with Gasteiger partial charge in [0.25, 0.3) is 0 Å². The maximum absolute atomic E-state index is 12.4. The quantitative estimate of drug-likeness (QED) is 0.694. The Labute approximate surface area is 86.5 Å². The van der Waals surface area contributed by atoms with Crippen molar-refractivity contribution < 1.29 is 13.2 Å². The largest absolute Gasteiger partial charge is 0.416 e. The van der Waals surface area contributed by atoms with Gasteiger partial charge in [-0.25, -0.2) is 0 Å². The van der Waals surface area contributed by atoms with Gasteiger partial charge in [0, 0.05) is 24.8 Å². The third kappa shape index (κ3) is 2.25. The van der Waals surface area contributed by atoms with E-state index in [1.165, 1.54) is 12.1 Å². The van der Waals surface area contributed by atoms with Gasteiger partial charge in [-0.1, -0.05) is 6.07 Å². The lowest BCUT2D eigenvalue weighted by atomic mass is 10.2. The molecular weight excluding hydrogens is 203 g/mol. The van der Waals surface area contributed by atoms with Crippen molar-refractivity contribution in [2.75, 3.05) is 18.0 Å². The first-order chi connectivity index (χ1) is 7.07. The van der Waals surface area contributed by atoms with Crippen LogP contribution in [0.3, 0.4) is 0 Å². The molecule has 0 bridgehead atoms. The average molecular weight is 214 g/mol. The van der Waals surface area contributed by atoms with E-state index >= 15 is 0 Å². The van der Waals surface area contributed by atoms with Gasteiger partial charge in [-0.15, -0.1) is 0 Å². The van der Waals surface area contributed by atoms with Crippen LogP contribution >= 0.6 is 0 Å². The van der Waals surface area contributed by atoms with E-state index in [9.17, 15) is 13.2 Å².